The fourth-order valence-corrected chi connectivity index (χ4v) is 9.92. The van der Waals surface area contributed by atoms with Crippen molar-refractivity contribution in [1.82, 2.24) is 5.32 Å². The zero-order valence-corrected chi connectivity index (χ0v) is 48.4. The summed E-state index contributed by atoms with van der Waals surface area (Å²) in [5.74, 6) is -0.0829. The van der Waals surface area contributed by atoms with Crippen molar-refractivity contribution >= 4 is 11.9 Å². The van der Waals surface area contributed by atoms with Gasteiger partial charge in [-0.15, -0.1) is 0 Å². The molecule has 0 radical (unpaired) electrons. The third-order valence-electron chi connectivity index (χ3n) is 14.9. The van der Waals surface area contributed by atoms with E-state index in [-0.39, 0.29) is 18.5 Å². The van der Waals surface area contributed by atoms with E-state index in [0.29, 0.717) is 19.4 Å². The van der Waals surface area contributed by atoms with Crippen LogP contribution in [0.1, 0.15) is 348 Å². The second-order valence-electron chi connectivity index (χ2n) is 22.1. The van der Waals surface area contributed by atoms with Crippen molar-refractivity contribution < 1.29 is 24.5 Å². The normalized spacial score (nSPS) is 12.8. The monoisotopic (exact) mass is 1010 g/mol. The lowest BCUT2D eigenvalue weighted by molar-refractivity contribution is -0.143. The lowest BCUT2D eigenvalue weighted by atomic mass is 10.0. The minimum absolute atomic E-state index is 0.00526. The van der Waals surface area contributed by atoms with Gasteiger partial charge < -0.3 is 20.3 Å². The Morgan fingerprint density at radius 2 is 0.653 bits per heavy atom. The third-order valence-corrected chi connectivity index (χ3v) is 14.9. The number of esters is 1. The highest BCUT2D eigenvalue weighted by Gasteiger charge is 2.18. The molecule has 3 N–H and O–H groups in total. The smallest absolute Gasteiger partial charge is 0.305 e. The molecule has 6 nitrogen and oxygen atoms in total. The average molecular weight is 1010 g/mol. The Morgan fingerprint density at radius 1 is 0.375 bits per heavy atom. The number of aliphatic hydroxyl groups excluding tert-OH is 2. The molecule has 1 amide bonds. The lowest BCUT2D eigenvalue weighted by Crippen LogP contribution is -2.45. The van der Waals surface area contributed by atoms with Crippen LogP contribution in [0.15, 0.2) is 36.5 Å². The van der Waals surface area contributed by atoms with E-state index in [2.05, 4.69) is 43.5 Å². The van der Waals surface area contributed by atoms with Gasteiger partial charge in [0.2, 0.25) is 5.91 Å². The van der Waals surface area contributed by atoms with Crippen molar-refractivity contribution in [3.05, 3.63) is 36.5 Å². The van der Waals surface area contributed by atoms with Crippen LogP contribution in [0.25, 0.3) is 0 Å². The molecule has 0 fully saturated rings. The molecule has 0 aliphatic carbocycles. The van der Waals surface area contributed by atoms with Gasteiger partial charge in [-0.3, -0.25) is 9.59 Å². The summed E-state index contributed by atoms with van der Waals surface area (Å²) in [7, 11) is 0. The zero-order chi connectivity index (χ0) is 52.2. The predicted molar refractivity (Wildman–Crippen MR) is 315 cm³/mol. The number of allylic oxidation sites excluding steroid dienone is 5. The van der Waals surface area contributed by atoms with Crippen LogP contribution in [0.2, 0.25) is 0 Å². The molecule has 0 bridgehead atoms. The summed E-state index contributed by atoms with van der Waals surface area (Å²) < 4.78 is 5.49. The number of hydrogen-bond donors (Lipinski definition) is 3. The molecule has 0 aromatic heterocycles. The summed E-state index contributed by atoms with van der Waals surface area (Å²) in [6, 6.07) is -0.638. The SMILES string of the molecule is CCCCCCCCC/C=C\CCCCCCCCCC(=O)OCCCCCCCC/C=C\CCCCCCCCCC(=O)NC(CO)C(O)/C=C/CCCCCCCCCCCCCCCCCCCC. The Bertz CT molecular complexity index is 1170. The number of carbonyl (C=O) groups excluding carboxylic acids is 2. The second-order valence-corrected chi connectivity index (χ2v) is 22.1. The Hall–Kier alpha value is -1.92. The van der Waals surface area contributed by atoms with Crippen LogP contribution in [-0.4, -0.2) is 47.4 Å². The van der Waals surface area contributed by atoms with E-state index in [4.69, 9.17) is 4.74 Å². The molecule has 2 unspecified atom stereocenters. The largest absolute Gasteiger partial charge is 0.466 e. The molecule has 0 rings (SSSR count). The molecule has 0 aliphatic rings. The van der Waals surface area contributed by atoms with Crippen LogP contribution in [0.3, 0.4) is 0 Å². The molecule has 0 saturated heterocycles. The highest BCUT2D eigenvalue weighted by molar-refractivity contribution is 5.76. The zero-order valence-electron chi connectivity index (χ0n) is 48.4. The van der Waals surface area contributed by atoms with E-state index in [1.54, 1.807) is 6.08 Å². The number of rotatable bonds is 60. The number of unbranched alkanes of at least 4 members (excludes halogenated alkanes) is 45. The van der Waals surface area contributed by atoms with Crippen LogP contribution in [0, 0.1) is 0 Å². The first-order valence-corrected chi connectivity index (χ1v) is 32.3. The Morgan fingerprint density at radius 3 is 0.986 bits per heavy atom. The maximum atomic E-state index is 12.5. The van der Waals surface area contributed by atoms with Gasteiger partial charge in [0.25, 0.3) is 0 Å². The Balaban J connectivity index is 3.47. The van der Waals surface area contributed by atoms with Crippen LogP contribution in [-0.2, 0) is 14.3 Å². The van der Waals surface area contributed by atoms with Gasteiger partial charge in [0.05, 0.1) is 25.4 Å². The van der Waals surface area contributed by atoms with Crippen molar-refractivity contribution in [2.75, 3.05) is 13.2 Å². The first kappa shape index (κ1) is 70.1. The van der Waals surface area contributed by atoms with E-state index < -0.39 is 12.1 Å². The number of hydrogen-bond acceptors (Lipinski definition) is 5. The standard InChI is InChI=1S/C66H125NO5/c1-3-5-7-9-11-13-15-17-19-21-23-24-26-30-34-38-42-46-50-54-58-64(69)63(62-68)67-65(70)59-55-51-47-43-39-35-31-27-25-29-33-37-41-45-49-53-57-61-72-66(71)60-56-52-48-44-40-36-32-28-22-20-18-16-14-12-10-8-6-4-2/h20,22,25,29,54,58,63-64,68-69H,3-19,21,23-24,26-28,30-53,55-57,59-62H2,1-2H3,(H,67,70)/b22-20-,29-25-,58-54+. The molecule has 424 valence electrons. The average Bonchev–Trinajstić information content (AvgIpc) is 3.38. The van der Waals surface area contributed by atoms with Gasteiger partial charge in [0.15, 0.2) is 0 Å². The van der Waals surface area contributed by atoms with Crippen molar-refractivity contribution in [1.29, 1.82) is 0 Å². The third kappa shape index (κ3) is 57.4. The van der Waals surface area contributed by atoms with Gasteiger partial charge in [0.1, 0.15) is 0 Å². The molecule has 0 aromatic rings. The molecule has 0 saturated carbocycles. The lowest BCUT2D eigenvalue weighted by Gasteiger charge is -2.20. The molecule has 0 aliphatic heterocycles. The Labute approximate surface area is 449 Å². The summed E-state index contributed by atoms with van der Waals surface area (Å²) in [6.07, 6.45) is 77.6. The van der Waals surface area contributed by atoms with Crippen molar-refractivity contribution in [3.63, 3.8) is 0 Å². The molecular formula is C66H125NO5. The van der Waals surface area contributed by atoms with Crippen LogP contribution in [0.5, 0.6) is 0 Å². The van der Waals surface area contributed by atoms with Crippen molar-refractivity contribution in [2.45, 2.75) is 360 Å². The fourth-order valence-electron chi connectivity index (χ4n) is 9.92. The summed E-state index contributed by atoms with van der Waals surface area (Å²) in [5, 5.41) is 23.2. The number of aliphatic hydroxyl groups is 2. The predicted octanol–water partition coefficient (Wildman–Crippen LogP) is 20.4. The van der Waals surface area contributed by atoms with Gasteiger partial charge in [-0.25, -0.2) is 0 Å². The minimum Gasteiger partial charge on any atom is -0.466 e. The molecule has 6 heteroatoms. The first-order chi connectivity index (χ1) is 35.5. The van der Waals surface area contributed by atoms with Gasteiger partial charge in [-0.2, -0.15) is 0 Å². The van der Waals surface area contributed by atoms with Crippen LogP contribution < -0.4 is 5.32 Å². The highest BCUT2D eigenvalue weighted by Crippen LogP contribution is 2.17. The van der Waals surface area contributed by atoms with Crippen LogP contribution in [0.4, 0.5) is 0 Å². The minimum atomic E-state index is -0.854. The van der Waals surface area contributed by atoms with E-state index in [1.807, 2.05) is 6.08 Å². The maximum Gasteiger partial charge on any atom is 0.305 e. The molecule has 0 spiro atoms. The van der Waals surface area contributed by atoms with E-state index in [1.165, 1.54) is 263 Å². The fraction of sp³-hybridized carbons (Fsp3) is 0.879. The van der Waals surface area contributed by atoms with Gasteiger partial charge in [-0.1, -0.05) is 288 Å². The van der Waals surface area contributed by atoms with E-state index >= 15 is 0 Å². The molecular weight excluding hydrogens is 887 g/mol. The molecule has 0 aromatic carbocycles. The highest BCUT2D eigenvalue weighted by atomic mass is 16.5. The van der Waals surface area contributed by atoms with Gasteiger partial charge in [-0.05, 0) is 83.5 Å². The second kappa shape index (κ2) is 61.6. The van der Waals surface area contributed by atoms with Crippen LogP contribution >= 0.6 is 0 Å². The number of amides is 1. The van der Waals surface area contributed by atoms with Crippen molar-refractivity contribution in [3.8, 4) is 0 Å². The number of ether oxygens (including phenoxy) is 1. The summed E-state index contributed by atoms with van der Waals surface area (Å²) >= 11 is 0. The summed E-state index contributed by atoms with van der Waals surface area (Å²) in [4.78, 5) is 24.6. The molecule has 2 atom stereocenters. The summed E-state index contributed by atoms with van der Waals surface area (Å²) in [5.41, 5.74) is 0. The Kier molecular flexibility index (Phi) is 60.0. The van der Waals surface area contributed by atoms with Crippen molar-refractivity contribution in [2.24, 2.45) is 0 Å². The topological polar surface area (TPSA) is 95.9 Å². The number of carbonyl (C=O) groups is 2. The van der Waals surface area contributed by atoms with E-state index in [9.17, 15) is 19.8 Å². The quantitative estimate of drug-likeness (QED) is 0.0320. The maximum absolute atomic E-state index is 12.5. The molecule has 0 heterocycles. The van der Waals surface area contributed by atoms with E-state index in [0.717, 1.165) is 57.8 Å². The summed E-state index contributed by atoms with van der Waals surface area (Å²) in [6.45, 7) is 4.90. The molecule has 72 heavy (non-hydrogen) atoms. The van der Waals surface area contributed by atoms with Gasteiger partial charge >= 0.3 is 5.97 Å². The van der Waals surface area contributed by atoms with Gasteiger partial charge in [0, 0.05) is 12.8 Å². The first-order valence-electron chi connectivity index (χ1n) is 32.3. The number of nitrogens with one attached hydrogen (secondary N) is 1.